The summed E-state index contributed by atoms with van der Waals surface area (Å²) in [6.45, 7) is 8.38. The normalized spacial score (nSPS) is 12.3. The van der Waals surface area contributed by atoms with Gasteiger partial charge >= 0.3 is 17.9 Å². The van der Waals surface area contributed by atoms with Crippen molar-refractivity contribution in [2.24, 2.45) is 0 Å². The molecule has 1 unspecified atom stereocenters. The van der Waals surface area contributed by atoms with Gasteiger partial charge in [0, 0.05) is 43.3 Å². The number of nitrogens with zero attached hydrogens (tertiary/aromatic N) is 3. The van der Waals surface area contributed by atoms with E-state index in [2.05, 4.69) is 0 Å². The minimum absolute atomic E-state index is 0. The van der Waals surface area contributed by atoms with Crippen molar-refractivity contribution in [3.63, 3.8) is 0 Å². The highest BCUT2D eigenvalue weighted by molar-refractivity contribution is 5.82. The second-order valence-electron chi connectivity index (χ2n) is 6.43. The third kappa shape index (κ3) is 13.1. The van der Waals surface area contributed by atoms with E-state index in [-0.39, 0.29) is 19.1 Å². The molecule has 176 valence electrons. The first-order chi connectivity index (χ1) is 13.4. The number of hydrogen-bond acceptors (Lipinski definition) is 6. The summed E-state index contributed by atoms with van der Waals surface area (Å²) >= 11 is 0. The molecule has 3 amide bonds. The van der Waals surface area contributed by atoms with Crippen molar-refractivity contribution in [3.8, 4) is 0 Å². The molecular formula is C18H35N3O9. The Kier molecular flexibility index (Phi) is 15.5. The highest BCUT2D eigenvalue weighted by Gasteiger charge is 2.19. The number of likely N-dealkylation sites (N-methyl/N-ethyl adjacent to an activating group) is 3. The molecular weight excluding hydrogens is 402 g/mol. The van der Waals surface area contributed by atoms with E-state index in [4.69, 9.17) is 15.3 Å². The molecule has 30 heavy (non-hydrogen) atoms. The number of carboxylic acid groups (broad SMARTS) is 3. The summed E-state index contributed by atoms with van der Waals surface area (Å²) in [5.41, 5.74) is 0. The fourth-order valence-electron chi connectivity index (χ4n) is 1.32. The van der Waals surface area contributed by atoms with Crippen molar-refractivity contribution in [2.75, 3.05) is 21.1 Å². The fraction of sp³-hybridized carbons (Fsp3) is 0.667. The van der Waals surface area contributed by atoms with Crippen LogP contribution in [-0.4, -0.2) is 105 Å². The molecule has 0 aromatic rings. The van der Waals surface area contributed by atoms with Crippen molar-refractivity contribution in [1.29, 1.82) is 0 Å². The zero-order chi connectivity index (χ0) is 24.9. The van der Waals surface area contributed by atoms with Crippen molar-refractivity contribution in [2.45, 2.75) is 59.7 Å². The second-order valence-corrected chi connectivity index (χ2v) is 6.43. The smallest absolute Gasteiger partial charge is 0.326 e. The van der Waals surface area contributed by atoms with Gasteiger partial charge in [0.2, 0.25) is 17.7 Å². The maximum atomic E-state index is 10.6. The van der Waals surface area contributed by atoms with Crippen LogP contribution in [0.2, 0.25) is 0 Å². The lowest BCUT2D eigenvalue weighted by Crippen LogP contribution is -2.38. The Morgan fingerprint density at radius 1 is 0.533 bits per heavy atom. The van der Waals surface area contributed by atoms with Gasteiger partial charge in [0.25, 0.3) is 0 Å². The molecule has 0 fully saturated rings. The van der Waals surface area contributed by atoms with Gasteiger partial charge in [0.1, 0.15) is 18.1 Å². The minimum Gasteiger partial charge on any atom is -0.480 e. The summed E-state index contributed by atoms with van der Waals surface area (Å²) < 4.78 is 0. The van der Waals surface area contributed by atoms with Crippen LogP contribution in [0.15, 0.2) is 0 Å². The van der Waals surface area contributed by atoms with E-state index >= 15 is 0 Å². The number of carboxylic acids is 3. The van der Waals surface area contributed by atoms with Gasteiger partial charge in [-0.1, -0.05) is 0 Å². The highest BCUT2D eigenvalue weighted by Crippen LogP contribution is 1.96. The average Bonchev–Trinajstić information content (AvgIpc) is 2.64. The lowest BCUT2D eigenvalue weighted by molar-refractivity contribution is -0.147. The van der Waals surface area contributed by atoms with E-state index in [9.17, 15) is 28.8 Å². The first-order valence-corrected chi connectivity index (χ1v) is 8.78. The van der Waals surface area contributed by atoms with Crippen LogP contribution in [-0.2, 0) is 28.8 Å². The SMILES string of the molecule is CC(=O)N(C)C(C)C(=O)O.CC(=O)N(C)[C@@H](C)C(=O)O.CC(=O)N(C)[C@H](C)C(=O)O.[2HH]. The largest absolute Gasteiger partial charge is 0.480 e. The molecule has 0 aliphatic carbocycles. The fourth-order valence-corrected chi connectivity index (χ4v) is 1.32. The third-order valence-electron chi connectivity index (χ3n) is 4.31. The molecule has 0 radical (unpaired) electrons. The molecule has 0 saturated carbocycles. The van der Waals surface area contributed by atoms with Gasteiger partial charge in [-0.05, 0) is 20.8 Å². The van der Waals surface area contributed by atoms with E-state index in [1.54, 1.807) is 0 Å². The molecule has 0 saturated heterocycles. The lowest BCUT2D eigenvalue weighted by Gasteiger charge is -2.18. The van der Waals surface area contributed by atoms with E-state index in [1.165, 1.54) is 77.4 Å². The molecule has 3 N–H and O–H groups in total. The quantitative estimate of drug-likeness (QED) is 0.518. The van der Waals surface area contributed by atoms with Crippen LogP contribution >= 0.6 is 0 Å². The molecule has 12 nitrogen and oxygen atoms in total. The van der Waals surface area contributed by atoms with Gasteiger partial charge in [-0.25, -0.2) is 14.4 Å². The Balaban J connectivity index is -0.000000174. The summed E-state index contributed by atoms with van der Waals surface area (Å²) in [6.07, 6.45) is 0. The van der Waals surface area contributed by atoms with Gasteiger partial charge in [-0.2, -0.15) is 0 Å². The molecule has 0 aromatic carbocycles. The van der Waals surface area contributed by atoms with E-state index in [0.29, 0.717) is 0 Å². The van der Waals surface area contributed by atoms with Crippen molar-refractivity contribution in [1.82, 2.24) is 14.7 Å². The van der Waals surface area contributed by atoms with E-state index in [1.807, 2.05) is 0 Å². The molecule has 0 aliphatic rings. The summed E-state index contributed by atoms with van der Waals surface area (Å²) in [7, 11) is 4.38. The number of carbonyl (C=O) groups excluding carboxylic acids is 3. The minimum atomic E-state index is -0.988. The third-order valence-corrected chi connectivity index (χ3v) is 4.31. The zero-order valence-corrected chi connectivity index (χ0v) is 18.9. The Morgan fingerprint density at radius 2 is 0.667 bits per heavy atom. The molecule has 0 spiro atoms. The van der Waals surface area contributed by atoms with Crippen LogP contribution < -0.4 is 0 Å². The van der Waals surface area contributed by atoms with Crippen molar-refractivity contribution < 1.29 is 45.5 Å². The van der Waals surface area contributed by atoms with Crippen LogP contribution in [0.1, 0.15) is 43.0 Å². The summed E-state index contributed by atoms with van der Waals surface area (Å²) in [4.78, 5) is 65.9. The Labute approximate surface area is 177 Å². The van der Waals surface area contributed by atoms with Crippen molar-refractivity contribution in [3.05, 3.63) is 0 Å². The van der Waals surface area contributed by atoms with Crippen LogP contribution in [0.4, 0.5) is 0 Å². The first-order valence-electron chi connectivity index (χ1n) is 8.78. The van der Waals surface area contributed by atoms with Crippen LogP contribution in [0.3, 0.4) is 0 Å². The molecule has 12 heteroatoms. The predicted octanol–water partition coefficient (Wildman–Crippen LogP) is 0.0594. The van der Waals surface area contributed by atoms with Gasteiger partial charge in [-0.3, -0.25) is 14.4 Å². The topological polar surface area (TPSA) is 173 Å². The van der Waals surface area contributed by atoms with Crippen LogP contribution in [0.25, 0.3) is 0 Å². The molecule has 0 aromatic heterocycles. The molecule has 0 bridgehead atoms. The van der Waals surface area contributed by atoms with E-state index in [0.717, 1.165) is 0 Å². The summed E-state index contributed by atoms with van der Waals surface area (Å²) in [5, 5.41) is 25.2. The number of rotatable bonds is 6. The van der Waals surface area contributed by atoms with Crippen LogP contribution in [0.5, 0.6) is 0 Å². The standard InChI is InChI=1S/3C6H11NO3.H2/c3*1-4(6(9)10)7(3)5(2)8;/h3*4H,1-3H3,(H,9,10);1H/t2*4-;;/m10../s1/i;;;1+1. The second kappa shape index (κ2) is 14.8. The van der Waals surface area contributed by atoms with E-state index < -0.39 is 36.0 Å². The maximum Gasteiger partial charge on any atom is 0.326 e. The number of hydrogen-bond donors (Lipinski definition) is 3. The zero-order valence-electron chi connectivity index (χ0n) is 18.9. The number of amides is 3. The van der Waals surface area contributed by atoms with Gasteiger partial charge in [-0.15, -0.1) is 0 Å². The molecule has 0 aliphatic heterocycles. The lowest BCUT2D eigenvalue weighted by atomic mass is 10.3. The van der Waals surface area contributed by atoms with Gasteiger partial charge < -0.3 is 30.0 Å². The molecule has 3 atom stereocenters. The highest BCUT2D eigenvalue weighted by atomic mass is 16.4. The number of carbonyl (C=O) groups is 6. The monoisotopic (exact) mass is 438 g/mol. The predicted molar refractivity (Wildman–Crippen MR) is 109 cm³/mol. The molecule has 0 rings (SSSR count). The van der Waals surface area contributed by atoms with Gasteiger partial charge in [0.05, 0.1) is 0 Å². The van der Waals surface area contributed by atoms with Crippen LogP contribution in [0, 0.1) is 0 Å². The Bertz CT molecular complexity index is 503. The Morgan fingerprint density at radius 3 is 0.700 bits per heavy atom. The first kappa shape index (κ1) is 31.5. The Hall–Kier alpha value is -3.18. The van der Waals surface area contributed by atoms with Crippen molar-refractivity contribution >= 4 is 35.6 Å². The van der Waals surface area contributed by atoms with Gasteiger partial charge in [0.15, 0.2) is 0 Å². The average molecular weight is 438 g/mol. The maximum absolute atomic E-state index is 10.6. The summed E-state index contributed by atoms with van der Waals surface area (Å²) in [6, 6.07) is -2.22. The molecule has 0 heterocycles. The summed E-state index contributed by atoms with van der Waals surface area (Å²) in [5.74, 6) is -3.69. The number of aliphatic carboxylic acids is 3.